The summed E-state index contributed by atoms with van der Waals surface area (Å²) in [4.78, 5) is 0. The second-order valence-electron chi connectivity index (χ2n) is 14.3. The molecule has 2 aromatic carbocycles. The van der Waals surface area contributed by atoms with Gasteiger partial charge >= 0.3 is 234 Å². The Balaban J connectivity index is 1.81. The normalized spacial score (nSPS) is 22.3. The van der Waals surface area contributed by atoms with Crippen LogP contribution in [0.5, 0.6) is 0 Å². The number of rotatable bonds is 4. The third-order valence-electron chi connectivity index (χ3n) is 10.2. The monoisotopic (exact) mass is 572 g/mol. The topological polar surface area (TPSA) is 0 Å². The number of hydrogen-bond donors (Lipinski definition) is 0. The van der Waals surface area contributed by atoms with Gasteiger partial charge in [0.15, 0.2) is 0 Å². The quantitative estimate of drug-likeness (QED) is 0.341. The summed E-state index contributed by atoms with van der Waals surface area (Å²) < 4.78 is 6.95. The Hall–Kier alpha value is -1.20. The minimum absolute atomic E-state index is 0.561. The standard InChI is InChI=1S/C34H44.2CH3.Zr/c1-19(2)25-15-27-13-23(9)29(33(27)31(17-25)21(5)6)11-12-30-24(10)14-28-16-26(20(3)4)18-32(22(7)8)34(28)30;;;/h13-22H,11-12H2,1-10H3;2*1H3;. The maximum atomic E-state index is 2.80. The van der Waals surface area contributed by atoms with Crippen molar-refractivity contribution in [3.8, 4) is 0 Å². The molecule has 198 valence electrons. The zero-order chi connectivity index (χ0) is 27.1. The average Bonchev–Trinajstić information content (AvgIpc) is 3.26. The molecule has 0 aromatic heterocycles. The van der Waals surface area contributed by atoms with Crippen molar-refractivity contribution < 1.29 is 20.3 Å². The van der Waals surface area contributed by atoms with E-state index in [1.165, 1.54) is 12.8 Å². The van der Waals surface area contributed by atoms with Crippen LogP contribution in [0, 0.1) is 0 Å². The molecule has 4 bridgehead atoms. The predicted octanol–water partition coefficient (Wildman–Crippen LogP) is 11.6. The SMILES string of the molecule is CC1=C2CCC3=C(C)[CH](c4cc(C(C)C)cc(C(C)C)c43)[Zr]([CH3])([CH3])[CH]1c1cc(C(C)C)cc(C(C)C)c12. The van der Waals surface area contributed by atoms with Crippen molar-refractivity contribution >= 4 is 11.1 Å². The third kappa shape index (κ3) is 4.08. The first kappa shape index (κ1) is 27.4. The van der Waals surface area contributed by atoms with E-state index in [4.69, 9.17) is 0 Å². The van der Waals surface area contributed by atoms with Gasteiger partial charge in [-0.05, 0) is 0 Å². The van der Waals surface area contributed by atoms with Crippen LogP contribution in [0.2, 0.25) is 9.26 Å². The second kappa shape index (κ2) is 9.47. The zero-order valence-electron chi connectivity index (χ0n) is 25.7. The zero-order valence-corrected chi connectivity index (χ0v) is 28.1. The maximum absolute atomic E-state index is 2.86. The summed E-state index contributed by atoms with van der Waals surface area (Å²) in [6, 6.07) is 10.5. The van der Waals surface area contributed by atoms with E-state index in [1.807, 2.05) is 0 Å². The Bertz CT molecular complexity index is 1220. The molecule has 0 nitrogen and oxygen atoms in total. The van der Waals surface area contributed by atoms with Crippen LogP contribution in [-0.2, 0) is 20.3 Å². The van der Waals surface area contributed by atoms with Gasteiger partial charge in [0.25, 0.3) is 0 Å². The first-order valence-electron chi connectivity index (χ1n) is 15.0. The van der Waals surface area contributed by atoms with Crippen molar-refractivity contribution in [1.82, 2.24) is 0 Å². The molecule has 2 aromatic rings. The van der Waals surface area contributed by atoms with Gasteiger partial charge < -0.3 is 0 Å². The van der Waals surface area contributed by atoms with Crippen LogP contribution in [0.25, 0.3) is 11.1 Å². The fraction of sp³-hybridized carbons (Fsp3) is 0.556. The molecule has 0 radical (unpaired) electrons. The Morgan fingerprint density at radius 2 is 0.919 bits per heavy atom. The second-order valence-corrected chi connectivity index (χ2v) is 26.1. The van der Waals surface area contributed by atoms with Crippen molar-refractivity contribution in [2.45, 2.75) is 122 Å². The van der Waals surface area contributed by atoms with Gasteiger partial charge in [0.1, 0.15) is 0 Å². The first-order chi connectivity index (χ1) is 17.3. The van der Waals surface area contributed by atoms with Crippen LogP contribution in [0.3, 0.4) is 0 Å². The van der Waals surface area contributed by atoms with Crippen LogP contribution in [-0.4, -0.2) is 0 Å². The van der Waals surface area contributed by atoms with Crippen molar-refractivity contribution in [3.63, 3.8) is 0 Å². The van der Waals surface area contributed by atoms with E-state index in [-0.39, 0.29) is 0 Å². The van der Waals surface area contributed by atoms with E-state index in [0.717, 1.165) is 0 Å². The Labute approximate surface area is 232 Å². The molecule has 0 amide bonds. The van der Waals surface area contributed by atoms with Crippen LogP contribution in [0.1, 0.15) is 158 Å². The molecule has 0 saturated heterocycles. The summed E-state index contributed by atoms with van der Waals surface area (Å²) in [6.07, 6.45) is 2.39. The van der Waals surface area contributed by atoms with Gasteiger partial charge in [0.05, 0.1) is 0 Å². The summed E-state index contributed by atoms with van der Waals surface area (Å²) in [7, 11) is 0. The molecule has 2 aliphatic carbocycles. The molecule has 1 aliphatic heterocycles. The average molecular weight is 574 g/mol. The summed E-state index contributed by atoms with van der Waals surface area (Å²) in [5.41, 5.74) is 20.0. The van der Waals surface area contributed by atoms with Crippen molar-refractivity contribution in [3.05, 3.63) is 79.9 Å². The number of fused-ring (bicyclic) bond motifs is 8. The van der Waals surface area contributed by atoms with Crippen LogP contribution >= 0.6 is 0 Å². The molecule has 2 unspecified atom stereocenters. The molecule has 1 heterocycles. The summed E-state index contributed by atoms with van der Waals surface area (Å²) in [6.45, 7) is 24.2. The predicted molar refractivity (Wildman–Crippen MR) is 161 cm³/mol. The van der Waals surface area contributed by atoms with E-state index < -0.39 is 20.3 Å². The Morgan fingerprint density at radius 3 is 1.22 bits per heavy atom. The van der Waals surface area contributed by atoms with E-state index in [9.17, 15) is 0 Å². The van der Waals surface area contributed by atoms with Crippen LogP contribution < -0.4 is 0 Å². The summed E-state index contributed by atoms with van der Waals surface area (Å²) in [5, 5.41) is 0. The van der Waals surface area contributed by atoms with E-state index in [2.05, 4.69) is 103 Å². The van der Waals surface area contributed by atoms with Gasteiger partial charge in [-0.25, -0.2) is 0 Å². The molecule has 0 spiro atoms. The first-order valence-corrected chi connectivity index (χ1v) is 22.8. The molecule has 37 heavy (non-hydrogen) atoms. The minimum atomic E-state index is -2.86. The molecule has 0 saturated carbocycles. The molecule has 5 rings (SSSR count). The number of allylic oxidation sites excluding steroid dienone is 4. The van der Waals surface area contributed by atoms with Crippen molar-refractivity contribution in [2.24, 2.45) is 0 Å². The van der Waals surface area contributed by atoms with Crippen molar-refractivity contribution in [1.29, 1.82) is 0 Å². The Kier molecular flexibility index (Phi) is 7.01. The van der Waals surface area contributed by atoms with Crippen molar-refractivity contribution in [2.75, 3.05) is 0 Å². The van der Waals surface area contributed by atoms with Gasteiger partial charge in [0.2, 0.25) is 0 Å². The third-order valence-corrected chi connectivity index (χ3v) is 21.2. The van der Waals surface area contributed by atoms with E-state index in [0.29, 0.717) is 30.9 Å². The number of benzene rings is 2. The molecule has 2 atom stereocenters. The summed E-state index contributed by atoms with van der Waals surface area (Å²) >= 11 is -2.86. The molecule has 1 heteroatoms. The molecular formula is C36H50Zr. The fourth-order valence-electron chi connectivity index (χ4n) is 8.34. The number of hydrogen-bond acceptors (Lipinski definition) is 0. The van der Waals surface area contributed by atoms with Gasteiger partial charge in [-0.3, -0.25) is 0 Å². The molecule has 0 fully saturated rings. The molecular weight excluding hydrogens is 524 g/mol. The Morgan fingerprint density at radius 1 is 0.568 bits per heavy atom. The molecule has 0 N–H and O–H groups in total. The summed E-state index contributed by atoms with van der Waals surface area (Å²) in [5.74, 6) is 2.26. The fourth-order valence-corrected chi connectivity index (χ4v) is 20.6. The van der Waals surface area contributed by atoms with Gasteiger partial charge in [-0.2, -0.15) is 0 Å². The van der Waals surface area contributed by atoms with E-state index >= 15 is 0 Å². The van der Waals surface area contributed by atoms with Crippen LogP contribution in [0.15, 0.2) is 35.4 Å². The van der Waals surface area contributed by atoms with Gasteiger partial charge in [0, 0.05) is 0 Å². The van der Waals surface area contributed by atoms with Crippen LogP contribution in [0.4, 0.5) is 0 Å². The van der Waals surface area contributed by atoms with Gasteiger partial charge in [-0.1, -0.05) is 0 Å². The molecule has 3 aliphatic rings. The van der Waals surface area contributed by atoms with Gasteiger partial charge in [-0.15, -0.1) is 0 Å². The van der Waals surface area contributed by atoms with E-state index in [1.54, 1.807) is 66.8 Å².